The lowest BCUT2D eigenvalue weighted by atomic mass is 9.96. The first kappa shape index (κ1) is 12.2. The Morgan fingerprint density at radius 1 is 1.50 bits per heavy atom. The van der Waals surface area contributed by atoms with Crippen LogP contribution in [0.5, 0.6) is 0 Å². The van der Waals surface area contributed by atoms with Crippen LogP contribution >= 0.6 is 0 Å². The third-order valence-corrected chi connectivity index (χ3v) is 3.78. The first-order chi connectivity index (χ1) is 7.56. The largest absolute Gasteiger partial charge is 0.329 e. The van der Waals surface area contributed by atoms with Crippen LogP contribution in [0.4, 0.5) is 8.78 Å². The lowest BCUT2D eigenvalue weighted by Gasteiger charge is -2.29. The molecular weight excluding hydrogens is 212 g/mol. The number of hydrogen-bond acceptors (Lipinski definition) is 3. The summed E-state index contributed by atoms with van der Waals surface area (Å²) in [7, 11) is 0. The predicted molar refractivity (Wildman–Crippen MR) is 59.6 cm³/mol. The van der Waals surface area contributed by atoms with Crippen molar-refractivity contribution in [3.63, 3.8) is 0 Å². The Bertz CT molecular complexity index is 245. The molecule has 1 aliphatic heterocycles. The number of nitrogens with zero attached hydrogens (tertiary/aromatic N) is 1. The van der Waals surface area contributed by atoms with E-state index in [2.05, 4.69) is 17.1 Å². The molecule has 0 aromatic carbocycles. The summed E-state index contributed by atoms with van der Waals surface area (Å²) >= 11 is 0. The van der Waals surface area contributed by atoms with Gasteiger partial charge in [-0.3, -0.25) is 4.90 Å². The van der Waals surface area contributed by atoms with Crippen molar-refractivity contribution in [2.24, 2.45) is 5.73 Å². The molecule has 0 bridgehead atoms. The molecule has 2 fully saturated rings. The highest BCUT2D eigenvalue weighted by Crippen LogP contribution is 2.36. The van der Waals surface area contributed by atoms with Crippen LogP contribution in [0.2, 0.25) is 0 Å². The molecular formula is C11H21F2N3. The van der Waals surface area contributed by atoms with Gasteiger partial charge in [-0.1, -0.05) is 0 Å². The van der Waals surface area contributed by atoms with Crippen molar-refractivity contribution in [1.82, 2.24) is 10.2 Å². The number of alkyl halides is 2. The molecule has 3 nitrogen and oxygen atoms in total. The highest BCUT2D eigenvalue weighted by atomic mass is 19.3. The summed E-state index contributed by atoms with van der Waals surface area (Å²) in [6, 6.07) is 1.14. The zero-order valence-corrected chi connectivity index (χ0v) is 9.76. The van der Waals surface area contributed by atoms with E-state index in [4.69, 9.17) is 5.73 Å². The van der Waals surface area contributed by atoms with E-state index in [1.807, 2.05) is 0 Å². The van der Waals surface area contributed by atoms with Gasteiger partial charge in [-0.15, -0.1) is 0 Å². The molecule has 5 heteroatoms. The summed E-state index contributed by atoms with van der Waals surface area (Å²) in [5.74, 6) is 0. The van der Waals surface area contributed by atoms with E-state index in [9.17, 15) is 8.78 Å². The minimum atomic E-state index is -2.30. The van der Waals surface area contributed by atoms with Gasteiger partial charge in [0.15, 0.2) is 0 Å². The maximum atomic E-state index is 12.2. The number of hydrogen-bond donors (Lipinski definition) is 2. The molecule has 0 radical (unpaired) electrons. The fraction of sp³-hybridized carbons (Fsp3) is 1.00. The quantitative estimate of drug-likeness (QED) is 0.738. The van der Waals surface area contributed by atoms with Crippen molar-refractivity contribution in [3.05, 3.63) is 0 Å². The van der Waals surface area contributed by atoms with Gasteiger partial charge in [0.05, 0.1) is 6.54 Å². The van der Waals surface area contributed by atoms with Crippen LogP contribution in [0.25, 0.3) is 0 Å². The summed E-state index contributed by atoms with van der Waals surface area (Å²) in [5, 5.41) is 2.97. The van der Waals surface area contributed by atoms with E-state index in [-0.39, 0.29) is 12.1 Å². The van der Waals surface area contributed by atoms with Crippen molar-refractivity contribution in [3.8, 4) is 0 Å². The van der Waals surface area contributed by atoms with Crippen LogP contribution in [0.1, 0.15) is 26.2 Å². The van der Waals surface area contributed by atoms with Crippen molar-refractivity contribution < 1.29 is 8.78 Å². The topological polar surface area (TPSA) is 41.3 Å². The first-order valence-corrected chi connectivity index (χ1v) is 6.05. The zero-order chi connectivity index (χ0) is 11.8. The third kappa shape index (κ3) is 2.52. The molecule has 0 aromatic heterocycles. The van der Waals surface area contributed by atoms with Gasteiger partial charge in [-0.2, -0.15) is 0 Å². The lowest BCUT2D eigenvalue weighted by molar-refractivity contribution is 0.129. The molecule has 0 amide bonds. The molecule has 1 aliphatic carbocycles. The smallest absolute Gasteiger partial charge is 0.250 e. The zero-order valence-electron chi connectivity index (χ0n) is 9.76. The Kier molecular flexibility index (Phi) is 3.47. The van der Waals surface area contributed by atoms with Crippen LogP contribution in [0.15, 0.2) is 0 Å². The fourth-order valence-corrected chi connectivity index (χ4v) is 2.79. The van der Waals surface area contributed by atoms with Crippen LogP contribution in [0.3, 0.4) is 0 Å². The van der Waals surface area contributed by atoms with Crippen LogP contribution in [-0.4, -0.2) is 48.6 Å². The Morgan fingerprint density at radius 3 is 2.69 bits per heavy atom. The van der Waals surface area contributed by atoms with Gasteiger partial charge in [0.2, 0.25) is 0 Å². The molecule has 2 unspecified atom stereocenters. The molecule has 3 N–H and O–H groups in total. The highest BCUT2D eigenvalue weighted by Gasteiger charge is 2.46. The number of likely N-dealkylation sites (tertiary alicyclic amines) is 1. The van der Waals surface area contributed by atoms with Gasteiger partial charge >= 0.3 is 0 Å². The maximum Gasteiger partial charge on any atom is 0.250 e. The van der Waals surface area contributed by atoms with Crippen molar-refractivity contribution in [2.75, 3.05) is 19.6 Å². The normalized spacial score (nSPS) is 36.2. The lowest BCUT2D eigenvalue weighted by Crippen LogP contribution is -2.54. The molecule has 0 aromatic rings. The monoisotopic (exact) mass is 233 g/mol. The minimum absolute atomic E-state index is 0.248. The van der Waals surface area contributed by atoms with E-state index >= 15 is 0 Å². The second-order valence-corrected chi connectivity index (χ2v) is 5.21. The third-order valence-electron chi connectivity index (χ3n) is 3.78. The molecule has 94 valence electrons. The van der Waals surface area contributed by atoms with E-state index in [1.165, 1.54) is 12.8 Å². The highest BCUT2D eigenvalue weighted by molar-refractivity contribution is 5.05. The van der Waals surface area contributed by atoms with Gasteiger partial charge in [-0.05, 0) is 26.2 Å². The van der Waals surface area contributed by atoms with Gasteiger partial charge < -0.3 is 11.1 Å². The SMILES string of the molecule is CC1CC(CN)(NCC(F)F)CN1C1CC1. The Hall–Kier alpha value is -0.260. The standard InChI is InChI=1S/C11H21F2N3/c1-8-4-11(6-14,15-5-10(12)13)7-16(8)9-2-3-9/h8-10,15H,2-7,14H2,1H3. The van der Waals surface area contributed by atoms with Crippen LogP contribution in [0, 0.1) is 0 Å². The Labute approximate surface area is 95.4 Å². The van der Waals surface area contributed by atoms with Gasteiger partial charge in [-0.25, -0.2) is 8.78 Å². The van der Waals surface area contributed by atoms with E-state index < -0.39 is 6.43 Å². The van der Waals surface area contributed by atoms with Crippen molar-refractivity contribution in [1.29, 1.82) is 0 Å². The summed E-state index contributed by atoms with van der Waals surface area (Å²) in [4.78, 5) is 2.42. The van der Waals surface area contributed by atoms with Crippen molar-refractivity contribution in [2.45, 2.75) is 50.2 Å². The minimum Gasteiger partial charge on any atom is -0.329 e. The van der Waals surface area contributed by atoms with Gasteiger partial charge in [0.1, 0.15) is 0 Å². The summed E-state index contributed by atoms with van der Waals surface area (Å²) in [5.41, 5.74) is 5.47. The average Bonchev–Trinajstić information content (AvgIpc) is 3.01. The fourth-order valence-electron chi connectivity index (χ4n) is 2.79. The molecule has 1 saturated heterocycles. The van der Waals surface area contributed by atoms with Crippen LogP contribution in [-0.2, 0) is 0 Å². The molecule has 2 rings (SSSR count). The Morgan fingerprint density at radius 2 is 2.19 bits per heavy atom. The second kappa shape index (κ2) is 4.55. The number of halogens is 2. The molecule has 2 aliphatic rings. The van der Waals surface area contributed by atoms with Gasteiger partial charge in [0, 0.05) is 30.7 Å². The second-order valence-electron chi connectivity index (χ2n) is 5.21. The van der Waals surface area contributed by atoms with E-state index in [0.29, 0.717) is 18.6 Å². The van der Waals surface area contributed by atoms with Crippen LogP contribution < -0.4 is 11.1 Å². The number of rotatable bonds is 5. The molecule has 2 atom stereocenters. The summed E-state index contributed by atoms with van der Waals surface area (Å²) in [6.45, 7) is 3.18. The van der Waals surface area contributed by atoms with Crippen molar-refractivity contribution >= 4 is 0 Å². The van der Waals surface area contributed by atoms with E-state index in [0.717, 1.165) is 13.0 Å². The van der Waals surface area contributed by atoms with Gasteiger partial charge in [0.25, 0.3) is 6.43 Å². The average molecular weight is 233 g/mol. The molecule has 1 heterocycles. The molecule has 0 spiro atoms. The van der Waals surface area contributed by atoms with E-state index in [1.54, 1.807) is 0 Å². The number of nitrogens with one attached hydrogen (secondary N) is 1. The predicted octanol–water partition coefficient (Wildman–Crippen LogP) is 0.795. The maximum absolute atomic E-state index is 12.2. The summed E-state index contributed by atoms with van der Waals surface area (Å²) in [6.07, 6.45) is 1.08. The first-order valence-electron chi connectivity index (χ1n) is 6.05. The molecule has 16 heavy (non-hydrogen) atoms. The summed E-state index contributed by atoms with van der Waals surface area (Å²) < 4.78 is 24.5. The Balaban J connectivity index is 1.94. The molecule has 1 saturated carbocycles. The number of nitrogens with two attached hydrogens (primary N) is 1.